The lowest BCUT2D eigenvalue weighted by Crippen LogP contribution is -2.36. The van der Waals surface area contributed by atoms with Gasteiger partial charge in [-0.1, -0.05) is 30.3 Å². The number of aryl methyl sites for hydroxylation is 1. The number of guanidine groups is 1. The summed E-state index contributed by atoms with van der Waals surface area (Å²) >= 11 is 1.60. The molecule has 0 atom stereocenters. The van der Waals surface area contributed by atoms with E-state index in [1.165, 1.54) is 0 Å². The normalized spacial score (nSPS) is 12.0. The maximum Gasteiger partial charge on any atom is 0.246 e. The van der Waals surface area contributed by atoms with Gasteiger partial charge in [-0.15, -0.1) is 10.2 Å². The Bertz CT molecular complexity index is 604. The van der Waals surface area contributed by atoms with Crippen LogP contribution in [0.2, 0.25) is 0 Å². The van der Waals surface area contributed by atoms with E-state index in [0.29, 0.717) is 36.7 Å². The van der Waals surface area contributed by atoms with Gasteiger partial charge in [-0.3, -0.25) is 4.99 Å². The highest BCUT2D eigenvalue weighted by molar-refractivity contribution is 7.11. The molecule has 0 aromatic carbocycles. The third-order valence-electron chi connectivity index (χ3n) is 2.58. The van der Waals surface area contributed by atoms with Gasteiger partial charge in [0.1, 0.15) is 10.0 Å². The van der Waals surface area contributed by atoms with Gasteiger partial charge in [0.25, 0.3) is 0 Å². The van der Waals surface area contributed by atoms with E-state index in [1.807, 2.05) is 0 Å². The van der Waals surface area contributed by atoms with Gasteiger partial charge in [0.2, 0.25) is 5.89 Å². The summed E-state index contributed by atoms with van der Waals surface area (Å²) in [6.45, 7) is 6.98. The average molecular weight is 309 g/mol. The number of hydrogen-bond donors (Lipinski definition) is 2. The molecule has 0 aliphatic heterocycles. The van der Waals surface area contributed by atoms with Gasteiger partial charge < -0.3 is 15.2 Å². The molecule has 0 fully saturated rings. The number of nitrogens with zero attached hydrogens (tertiary/aromatic N) is 5. The van der Waals surface area contributed by atoms with Crippen LogP contribution in [0.1, 0.15) is 41.5 Å². The van der Waals surface area contributed by atoms with Crippen LogP contribution >= 0.6 is 11.3 Å². The summed E-state index contributed by atoms with van der Waals surface area (Å²) in [5.74, 6) is 2.18. The Morgan fingerprint density at radius 3 is 2.62 bits per heavy atom. The molecule has 21 heavy (non-hydrogen) atoms. The second-order valence-corrected chi connectivity index (χ2v) is 5.80. The summed E-state index contributed by atoms with van der Waals surface area (Å²) in [6, 6.07) is 0. The smallest absolute Gasteiger partial charge is 0.246 e. The van der Waals surface area contributed by atoms with Crippen LogP contribution in [0.4, 0.5) is 0 Å². The fraction of sp³-hybridized carbons (Fsp3) is 0.583. The van der Waals surface area contributed by atoms with Crippen molar-refractivity contribution in [1.82, 2.24) is 31.0 Å². The summed E-state index contributed by atoms with van der Waals surface area (Å²) in [5, 5.41) is 20.3. The zero-order valence-electron chi connectivity index (χ0n) is 12.5. The summed E-state index contributed by atoms with van der Waals surface area (Å²) < 4.78 is 5.02. The second-order valence-electron chi connectivity index (χ2n) is 4.70. The molecule has 0 aliphatic rings. The molecule has 9 heteroatoms. The van der Waals surface area contributed by atoms with Crippen molar-refractivity contribution in [3.8, 4) is 0 Å². The summed E-state index contributed by atoms with van der Waals surface area (Å²) in [4.78, 5) is 8.24. The van der Waals surface area contributed by atoms with E-state index >= 15 is 0 Å². The first-order valence-corrected chi connectivity index (χ1v) is 7.46. The van der Waals surface area contributed by atoms with Crippen LogP contribution in [0.25, 0.3) is 0 Å². The van der Waals surface area contributed by atoms with Crippen molar-refractivity contribution in [2.24, 2.45) is 4.99 Å². The first-order valence-electron chi connectivity index (χ1n) is 6.64. The molecular formula is C12H19N7OS. The van der Waals surface area contributed by atoms with Crippen LogP contribution in [0, 0.1) is 6.92 Å². The fourth-order valence-electron chi connectivity index (χ4n) is 1.52. The molecule has 2 rings (SSSR count). The average Bonchev–Trinajstić information content (AvgIpc) is 3.08. The lowest BCUT2D eigenvalue weighted by atomic mass is 10.2. The summed E-state index contributed by atoms with van der Waals surface area (Å²) in [7, 11) is 1.70. The third kappa shape index (κ3) is 4.48. The molecule has 0 unspecified atom stereocenters. The number of nitrogens with one attached hydrogen (secondary N) is 2. The maximum absolute atomic E-state index is 5.02. The van der Waals surface area contributed by atoms with Crippen molar-refractivity contribution >= 4 is 17.3 Å². The predicted octanol–water partition coefficient (Wildman–Crippen LogP) is 1.22. The molecule has 0 radical (unpaired) electrons. The number of hydrogen-bond acceptors (Lipinski definition) is 7. The summed E-state index contributed by atoms with van der Waals surface area (Å²) in [5.41, 5.74) is 0. The van der Waals surface area contributed by atoms with E-state index in [2.05, 4.69) is 49.8 Å². The van der Waals surface area contributed by atoms with Gasteiger partial charge in [0.05, 0.1) is 13.1 Å². The minimum atomic E-state index is 0.398. The molecule has 0 aliphatic carbocycles. The van der Waals surface area contributed by atoms with Crippen LogP contribution in [0.5, 0.6) is 0 Å². The predicted molar refractivity (Wildman–Crippen MR) is 80.1 cm³/mol. The number of rotatable bonds is 5. The van der Waals surface area contributed by atoms with Crippen LogP contribution < -0.4 is 10.6 Å². The Balaban J connectivity index is 1.82. The van der Waals surface area contributed by atoms with Gasteiger partial charge in [-0.25, -0.2) is 0 Å². The third-order valence-corrected chi connectivity index (χ3v) is 3.81. The van der Waals surface area contributed by atoms with Gasteiger partial charge in [-0.2, -0.15) is 4.98 Å². The second kappa shape index (κ2) is 7.11. The zero-order valence-corrected chi connectivity index (χ0v) is 13.4. The van der Waals surface area contributed by atoms with Crippen molar-refractivity contribution in [2.45, 2.75) is 39.8 Å². The Hall–Kier alpha value is -2.03. The fourth-order valence-corrected chi connectivity index (χ4v) is 2.31. The van der Waals surface area contributed by atoms with Crippen LogP contribution in [-0.2, 0) is 13.1 Å². The van der Waals surface area contributed by atoms with Gasteiger partial charge >= 0.3 is 0 Å². The van der Waals surface area contributed by atoms with Crippen molar-refractivity contribution in [1.29, 1.82) is 0 Å². The van der Waals surface area contributed by atoms with E-state index in [1.54, 1.807) is 25.3 Å². The Morgan fingerprint density at radius 1 is 1.29 bits per heavy atom. The monoisotopic (exact) mass is 309 g/mol. The standard InChI is InChI=1S/C12H19N7OS/c1-7(2)11-18-17-10(21-11)6-15-12(13-4)14-5-9-16-8(3)19-20-9/h7H,5-6H2,1-4H3,(H2,13,14,15). The van der Waals surface area contributed by atoms with E-state index in [9.17, 15) is 0 Å². The van der Waals surface area contributed by atoms with E-state index < -0.39 is 0 Å². The minimum absolute atomic E-state index is 0.398. The van der Waals surface area contributed by atoms with E-state index in [0.717, 1.165) is 10.0 Å². The highest BCUT2D eigenvalue weighted by atomic mass is 32.1. The number of aromatic nitrogens is 4. The minimum Gasteiger partial charge on any atom is -0.350 e. The molecule has 0 bridgehead atoms. The highest BCUT2D eigenvalue weighted by Crippen LogP contribution is 2.18. The summed E-state index contributed by atoms with van der Waals surface area (Å²) in [6.07, 6.45) is 0. The molecule has 114 valence electrons. The van der Waals surface area contributed by atoms with E-state index in [4.69, 9.17) is 4.52 Å². The van der Waals surface area contributed by atoms with Crippen molar-refractivity contribution in [2.75, 3.05) is 7.05 Å². The Morgan fingerprint density at radius 2 is 2.05 bits per heavy atom. The lowest BCUT2D eigenvalue weighted by Gasteiger charge is -2.08. The van der Waals surface area contributed by atoms with E-state index in [-0.39, 0.29) is 0 Å². The zero-order chi connectivity index (χ0) is 15.2. The number of aliphatic imine (C=N–C) groups is 1. The topological polar surface area (TPSA) is 101 Å². The van der Waals surface area contributed by atoms with Gasteiger partial charge in [0.15, 0.2) is 11.8 Å². The SMILES string of the molecule is CN=C(NCc1nc(C)no1)NCc1nnc(C(C)C)s1. The highest BCUT2D eigenvalue weighted by Gasteiger charge is 2.09. The first-order chi connectivity index (χ1) is 10.1. The van der Waals surface area contributed by atoms with Crippen LogP contribution in [0.3, 0.4) is 0 Å². The molecule has 2 aromatic rings. The maximum atomic E-state index is 5.02. The van der Waals surface area contributed by atoms with Gasteiger partial charge in [-0.05, 0) is 6.92 Å². The van der Waals surface area contributed by atoms with Crippen LogP contribution in [-0.4, -0.2) is 33.3 Å². The van der Waals surface area contributed by atoms with Crippen molar-refractivity contribution in [3.05, 3.63) is 21.7 Å². The van der Waals surface area contributed by atoms with Crippen molar-refractivity contribution in [3.63, 3.8) is 0 Å². The molecule has 0 spiro atoms. The molecule has 8 nitrogen and oxygen atoms in total. The van der Waals surface area contributed by atoms with Crippen LogP contribution in [0.15, 0.2) is 9.52 Å². The molecule has 0 saturated heterocycles. The van der Waals surface area contributed by atoms with Gasteiger partial charge in [0, 0.05) is 13.0 Å². The largest absolute Gasteiger partial charge is 0.350 e. The molecule has 2 aromatic heterocycles. The first kappa shape index (κ1) is 15.4. The molecule has 0 saturated carbocycles. The molecular weight excluding hydrogens is 290 g/mol. The quantitative estimate of drug-likeness (QED) is 0.632. The molecule has 0 amide bonds. The lowest BCUT2D eigenvalue weighted by molar-refractivity contribution is 0.371. The Labute approximate surface area is 127 Å². The van der Waals surface area contributed by atoms with Crippen molar-refractivity contribution < 1.29 is 4.52 Å². The molecule has 2 N–H and O–H groups in total. The molecule has 2 heterocycles. The Kier molecular flexibility index (Phi) is 5.20.